The lowest BCUT2D eigenvalue weighted by Gasteiger charge is -2.13. The van der Waals surface area contributed by atoms with Crippen LogP contribution in [0, 0.1) is 0 Å². The van der Waals surface area contributed by atoms with E-state index in [1.807, 2.05) is 44.2 Å². The molecule has 16 heavy (non-hydrogen) atoms. The monoisotopic (exact) mass is 232 g/mol. The summed E-state index contributed by atoms with van der Waals surface area (Å²) in [6.07, 6.45) is 0. The van der Waals surface area contributed by atoms with Gasteiger partial charge in [-0.15, -0.1) is 0 Å². The maximum Gasteiger partial charge on any atom is 0.281 e. The number of hydrogen-bond donors (Lipinski definition) is 1. The van der Waals surface area contributed by atoms with Gasteiger partial charge in [0.1, 0.15) is 5.70 Å². The number of anilines is 1. The van der Waals surface area contributed by atoms with Gasteiger partial charge in [-0.05, 0) is 43.8 Å². The summed E-state index contributed by atoms with van der Waals surface area (Å²) in [5.41, 5.74) is 2.31. The van der Waals surface area contributed by atoms with E-state index in [4.69, 9.17) is 12.2 Å². The van der Waals surface area contributed by atoms with Crippen LogP contribution in [-0.4, -0.2) is 11.0 Å². The van der Waals surface area contributed by atoms with Gasteiger partial charge in [-0.3, -0.25) is 9.69 Å². The Hall–Kier alpha value is -1.68. The van der Waals surface area contributed by atoms with Crippen LogP contribution in [0.25, 0.3) is 0 Å². The first-order valence-electron chi connectivity index (χ1n) is 4.99. The van der Waals surface area contributed by atoms with Crippen molar-refractivity contribution in [2.75, 3.05) is 4.90 Å². The molecule has 1 saturated heterocycles. The lowest BCUT2D eigenvalue weighted by atomic mass is 10.2. The molecule has 0 aromatic heterocycles. The summed E-state index contributed by atoms with van der Waals surface area (Å²) in [4.78, 5) is 13.6. The summed E-state index contributed by atoms with van der Waals surface area (Å²) in [5.74, 6) is -0.0869. The molecule has 0 atom stereocenters. The van der Waals surface area contributed by atoms with Crippen molar-refractivity contribution in [1.82, 2.24) is 5.32 Å². The first kappa shape index (κ1) is 10.8. The van der Waals surface area contributed by atoms with Gasteiger partial charge >= 0.3 is 0 Å². The summed E-state index contributed by atoms with van der Waals surface area (Å²) >= 11 is 5.16. The molecule has 0 unspecified atom stereocenters. The zero-order valence-electron chi connectivity index (χ0n) is 9.15. The topological polar surface area (TPSA) is 32.3 Å². The highest BCUT2D eigenvalue weighted by Gasteiger charge is 2.32. The molecule has 0 bridgehead atoms. The van der Waals surface area contributed by atoms with Crippen molar-refractivity contribution in [3.05, 3.63) is 41.6 Å². The van der Waals surface area contributed by atoms with Crippen LogP contribution in [0.1, 0.15) is 13.8 Å². The minimum Gasteiger partial charge on any atom is -0.327 e. The third kappa shape index (κ3) is 1.72. The number of benzene rings is 1. The molecule has 1 aromatic rings. The number of thiocarbonyl (C=S) groups is 1. The highest BCUT2D eigenvalue weighted by atomic mass is 32.1. The molecule has 3 nitrogen and oxygen atoms in total. The summed E-state index contributed by atoms with van der Waals surface area (Å²) in [5, 5.41) is 3.38. The van der Waals surface area contributed by atoms with Crippen molar-refractivity contribution >= 4 is 28.9 Å². The van der Waals surface area contributed by atoms with E-state index < -0.39 is 0 Å². The third-order valence-corrected chi connectivity index (χ3v) is 2.65. The predicted octanol–water partition coefficient (Wildman–Crippen LogP) is 2.20. The fourth-order valence-corrected chi connectivity index (χ4v) is 1.86. The van der Waals surface area contributed by atoms with Crippen LogP contribution in [-0.2, 0) is 4.79 Å². The standard InChI is InChI=1S/C12H12N2OS/c1-8(2)10-11(15)14(12(16)13-10)9-6-4-3-5-7-9/h3-7H,1-2H3,(H,13,16). The Morgan fingerprint density at radius 1 is 1.25 bits per heavy atom. The van der Waals surface area contributed by atoms with Gasteiger partial charge in [0.25, 0.3) is 5.91 Å². The lowest BCUT2D eigenvalue weighted by Crippen LogP contribution is -2.30. The molecule has 1 N–H and O–H groups in total. The Labute approximate surface area is 99.8 Å². The number of allylic oxidation sites excluding steroid dienone is 1. The summed E-state index contributed by atoms with van der Waals surface area (Å²) in [6.45, 7) is 3.77. The second kappa shape index (κ2) is 4.06. The molecule has 1 aromatic carbocycles. The highest BCUT2D eigenvalue weighted by Crippen LogP contribution is 2.21. The molecule has 4 heteroatoms. The van der Waals surface area contributed by atoms with Gasteiger partial charge in [0, 0.05) is 0 Å². The molecule has 2 rings (SSSR count). The van der Waals surface area contributed by atoms with E-state index in [2.05, 4.69) is 5.32 Å². The Morgan fingerprint density at radius 2 is 1.88 bits per heavy atom. The van der Waals surface area contributed by atoms with Gasteiger partial charge in [0.15, 0.2) is 5.11 Å². The lowest BCUT2D eigenvalue weighted by molar-refractivity contribution is -0.113. The Morgan fingerprint density at radius 3 is 2.38 bits per heavy atom. The van der Waals surface area contributed by atoms with Gasteiger partial charge in [-0.1, -0.05) is 18.2 Å². The van der Waals surface area contributed by atoms with E-state index in [0.29, 0.717) is 10.8 Å². The Balaban J connectivity index is 2.42. The molecule has 0 radical (unpaired) electrons. The largest absolute Gasteiger partial charge is 0.327 e. The third-order valence-electron chi connectivity index (χ3n) is 2.37. The molecule has 0 aliphatic carbocycles. The first-order valence-corrected chi connectivity index (χ1v) is 5.40. The van der Waals surface area contributed by atoms with E-state index in [1.165, 1.54) is 4.90 Å². The zero-order valence-corrected chi connectivity index (χ0v) is 9.97. The average molecular weight is 232 g/mol. The van der Waals surface area contributed by atoms with Gasteiger partial charge in [0.2, 0.25) is 0 Å². The van der Waals surface area contributed by atoms with Crippen LogP contribution in [0.2, 0.25) is 0 Å². The van der Waals surface area contributed by atoms with Crippen molar-refractivity contribution in [3.8, 4) is 0 Å². The Kier molecular flexibility index (Phi) is 2.75. The second-order valence-electron chi connectivity index (χ2n) is 3.78. The maximum absolute atomic E-state index is 12.1. The number of nitrogens with zero attached hydrogens (tertiary/aromatic N) is 1. The number of carbonyl (C=O) groups excluding carboxylic acids is 1. The van der Waals surface area contributed by atoms with Crippen LogP contribution in [0.5, 0.6) is 0 Å². The molecule has 1 aliphatic heterocycles. The fourth-order valence-electron chi connectivity index (χ4n) is 1.57. The van der Waals surface area contributed by atoms with Crippen LogP contribution < -0.4 is 10.2 Å². The second-order valence-corrected chi connectivity index (χ2v) is 4.17. The zero-order chi connectivity index (χ0) is 11.7. The van der Waals surface area contributed by atoms with E-state index in [-0.39, 0.29) is 5.91 Å². The summed E-state index contributed by atoms with van der Waals surface area (Å²) < 4.78 is 0. The van der Waals surface area contributed by atoms with Crippen molar-refractivity contribution < 1.29 is 4.79 Å². The van der Waals surface area contributed by atoms with E-state index in [0.717, 1.165) is 11.3 Å². The van der Waals surface area contributed by atoms with Gasteiger partial charge in [-0.25, -0.2) is 0 Å². The minimum atomic E-state index is -0.0869. The van der Waals surface area contributed by atoms with Crippen LogP contribution in [0.15, 0.2) is 41.6 Å². The van der Waals surface area contributed by atoms with E-state index in [1.54, 1.807) is 0 Å². The summed E-state index contributed by atoms with van der Waals surface area (Å²) in [6, 6.07) is 9.39. The number of carbonyl (C=O) groups is 1. The highest BCUT2D eigenvalue weighted by molar-refractivity contribution is 7.80. The molecule has 1 heterocycles. The molecule has 0 saturated carbocycles. The van der Waals surface area contributed by atoms with Gasteiger partial charge < -0.3 is 5.32 Å². The van der Waals surface area contributed by atoms with Gasteiger partial charge in [-0.2, -0.15) is 0 Å². The van der Waals surface area contributed by atoms with Crippen LogP contribution >= 0.6 is 12.2 Å². The molecule has 1 amide bonds. The SMILES string of the molecule is CC(C)=C1NC(=S)N(c2ccccc2)C1=O. The number of para-hydroxylation sites is 1. The summed E-state index contributed by atoms with van der Waals surface area (Å²) in [7, 11) is 0. The predicted molar refractivity (Wildman–Crippen MR) is 68.0 cm³/mol. The smallest absolute Gasteiger partial charge is 0.281 e. The van der Waals surface area contributed by atoms with Crippen molar-refractivity contribution in [2.24, 2.45) is 0 Å². The van der Waals surface area contributed by atoms with Gasteiger partial charge in [0.05, 0.1) is 5.69 Å². The molecule has 82 valence electrons. The molecule has 1 aliphatic rings. The van der Waals surface area contributed by atoms with Crippen molar-refractivity contribution in [3.63, 3.8) is 0 Å². The van der Waals surface area contributed by atoms with Crippen LogP contribution in [0.3, 0.4) is 0 Å². The number of rotatable bonds is 1. The van der Waals surface area contributed by atoms with Crippen LogP contribution in [0.4, 0.5) is 5.69 Å². The molecular formula is C12H12N2OS. The number of nitrogens with one attached hydrogen (secondary N) is 1. The van der Waals surface area contributed by atoms with E-state index in [9.17, 15) is 4.79 Å². The van der Waals surface area contributed by atoms with E-state index >= 15 is 0 Å². The van der Waals surface area contributed by atoms with Crippen molar-refractivity contribution in [1.29, 1.82) is 0 Å². The molecular weight excluding hydrogens is 220 g/mol. The normalized spacial score (nSPS) is 15.4. The molecule has 1 fully saturated rings. The minimum absolute atomic E-state index is 0.0869. The number of amides is 1. The first-order chi connectivity index (χ1) is 7.61. The van der Waals surface area contributed by atoms with Crippen molar-refractivity contribution in [2.45, 2.75) is 13.8 Å². The number of hydrogen-bond acceptors (Lipinski definition) is 2. The average Bonchev–Trinajstić information content (AvgIpc) is 2.56. The fraction of sp³-hybridized carbons (Fsp3) is 0.167. The molecule has 0 spiro atoms. The Bertz CT molecular complexity index is 475. The maximum atomic E-state index is 12.1. The quantitative estimate of drug-likeness (QED) is 0.595.